The van der Waals surface area contributed by atoms with Gasteiger partial charge in [-0.05, 0) is 53.4 Å². The molecular formula is C21H20O4. The molecule has 0 aliphatic carbocycles. The highest BCUT2D eigenvalue weighted by molar-refractivity contribution is 5.97. The average molecular weight is 336 g/mol. The Morgan fingerprint density at radius 2 is 1.80 bits per heavy atom. The van der Waals surface area contributed by atoms with Crippen LogP contribution < -0.4 is 0 Å². The Bertz CT molecular complexity index is 865. The number of benzene rings is 2. The Morgan fingerprint density at radius 1 is 1.00 bits per heavy atom. The maximum absolute atomic E-state index is 12.2. The molecule has 0 bridgehead atoms. The zero-order chi connectivity index (χ0) is 17.8. The predicted molar refractivity (Wildman–Crippen MR) is 95.5 cm³/mol. The Kier molecular flexibility index (Phi) is 5.00. The molecule has 1 atom stereocenters. The molecule has 0 amide bonds. The van der Waals surface area contributed by atoms with Crippen LogP contribution in [0, 0.1) is 6.92 Å². The summed E-state index contributed by atoms with van der Waals surface area (Å²) < 4.78 is 16.1. The Morgan fingerprint density at radius 3 is 2.44 bits per heavy atom. The maximum Gasteiger partial charge on any atom is 0.338 e. The molecule has 1 unspecified atom stereocenters. The summed E-state index contributed by atoms with van der Waals surface area (Å²) in [6.45, 7) is 2.02. The molecular weight excluding hydrogens is 316 g/mol. The molecule has 0 radical (unpaired) electrons. The zero-order valence-electron chi connectivity index (χ0n) is 14.5. The van der Waals surface area contributed by atoms with E-state index in [2.05, 4.69) is 0 Å². The van der Waals surface area contributed by atoms with Crippen LogP contribution in [0.1, 0.15) is 33.3 Å². The van der Waals surface area contributed by atoms with Crippen LogP contribution in [0.15, 0.2) is 65.3 Å². The van der Waals surface area contributed by atoms with E-state index in [0.717, 1.165) is 22.3 Å². The van der Waals surface area contributed by atoms with Crippen molar-refractivity contribution >= 4 is 5.97 Å². The molecule has 3 rings (SSSR count). The summed E-state index contributed by atoms with van der Waals surface area (Å²) in [6.07, 6.45) is 1.27. The van der Waals surface area contributed by atoms with E-state index >= 15 is 0 Å². The highest BCUT2D eigenvalue weighted by Gasteiger charge is 2.21. The zero-order valence-corrected chi connectivity index (χ0v) is 14.5. The smallest absolute Gasteiger partial charge is 0.338 e. The fourth-order valence-corrected chi connectivity index (χ4v) is 2.97. The Balaban J connectivity index is 2.16. The highest BCUT2D eigenvalue weighted by Crippen LogP contribution is 2.33. The summed E-state index contributed by atoms with van der Waals surface area (Å²) in [6, 6.07) is 17.2. The number of ether oxygens (including phenoxy) is 2. The first-order valence-corrected chi connectivity index (χ1v) is 8.00. The van der Waals surface area contributed by atoms with Gasteiger partial charge in [0.15, 0.2) is 0 Å². The van der Waals surface area contributed by atoms with Crippen LogP contribution in [0.4, 0.5) is 0 Å². The number of furan rings is 1. The van der Waals surface area contributed by atoms with Crippen molar-refractivity contribution < 1.29 is 18.7 Å². The molecule has 0 saturated carbocycles. The second-order valence-electron chi connectivity index (χ2n) is 5.74. The maximum atomic E-state index is 12.2. The molecule has 0 spiro atoms. The minimum Gasteiger partial charge on any atom is -0.466 e. The molecule has 4 heteroatoms. The summed E-state index contributed by atoms with van der Waals surface area (Å²) in [5.74, 6) is 0.348. The number of esters is 1. The van der Waals surface area contributed by atoms with Crippen LogP contribution in [0.25, 0.3) is 11.1 Å². The third kappa shape index (κ3) is 3.35. The first-order valence-electron chi connectivity index (χ1n) is 8.00. The summed E-state index contributed by atoms with van der Waals surface area (Å²) in [7, 11) is 3.02. The molecule has 2 aromatic carbocycles. The van der Waals surface area contributed by atoms with E-state index in [1.807, 2.05) is 55.5 Å². The van der Waals surface area contributed by atoms with Crippen molar-refractivity contribution in [3.63, 3.8) is 0 Å². The summed E-state index contributed by atoms with van der Waals surface area (Å²) in [5.41, 5.74) is 4.31. The van der Waals surface area contributed by atoms with Crippen molar-refractivity contribution in [2.45, 2.75) is 13.0 Å². The predicted octanol–water partition coefficient (Wildman–Crippen LogP) is 4.78. The van der Waals surface area contributed by atoms with E-state index < -0.39 is 0 Å². The first-order chi connectivity index (χ1) is 12.2. The molecule has 1 heterocycles. The number of carbonyl (C=O) groups excluding carboxylic acids is 1. The lowest BCUT2D eigenvalue weighted by atomic mass is 9.92. The molecule has 25 heavy (non-hydrogen) atoms. The summed E-state index contributed by atoms with van der Waals surface area (Å²) in [5, 5.41) is 0. The number of hydrogen-bond acceptors (Lipinski definition) is 4. The molecule has 0 fully saturated rings. The van der Waals surface area contributed by atoms with Crippen LogP contribution in [0.2, 0.25) is 0 Å². The molecule has 0 aliphatic rings. The van der Waals surface area contributed by atoms with Crippen molar-refractivity contribution in [3.8, 4) is 11.1 Å². The topological polar surface area (TPSA) is 48.7 Å². The Hall–Kier alpha value is -2.85. The van der Waals surface area contributed by atoms with Crippen LogP contribution in [0.3, 0.4) is 0 Å². The van der Waals surface area contributed by atoms with E-state index in [0.29, 0.717) is 11.3 Å². The van der Waals surface area contributed by atoms with E-state index in [-0.39, 0.29) is 12.1 Å². The normalized spacial score (nSPS) is 12.0. The van der Waals surface area contributed by atoms with Gasteiger partial charge in [0.1, 0.15) is 11.9 Å². The van der Waals surface area contributed by atoms with E-state index in [4.69, 9.17) is 13.9 Å². The fraction of sp³-hybridized carbons (Fsp3) is 0.190. The van der Waals surface area contributed by atoms with Crippen molar-refractivity contribution in [2.75, 3.05) is 14.2 Å². The lowest BCUT2D eigenvalue weighted by molar-refractivity contribution is 0.0601. The average Bonchev–Trinajstić information content (AvgIpc) is 3.16. The SMILES string of the molecule is COC(=O)c1ccc(C(OC)c2ccco2)cc1-c1ccccc1C. The molecule has 1 aromatic heterocycles. The molecule has 0 aliphatic heterocycles. The first kappa shape index (κ1) is 17.0. The third-order valence-electron chi connectivity index (χ3n) is 4.22. The third-order valence-corrected chi connectivity index (χ3v) is 4.22. The monoisotopic (exact) mass is 336 g/mol. The van der Waals surface area contributed by atoms with Gasteiger partial charge in [0, 0.05) is 7.11 Å². The van der Waals surface area contributed by atoms with Crippen molar-refractivity contribution in [3.05, 3.63) is 83.3 Å². The van der Waals surface area contributed by atoms with Crippen LogP contribution in [0.5, 0.6) is 0 Å². The Labute approximate surface area is 147 Å². The van der Waals surface area contributed by atoms with E-state index in [1.54, 1.807) is 19.4 Å². The van der Waals surface area contributed by atoms with Crippen molar-refractivity contribution in [1.29, 1.82) is 0 Å². The van der Waals surface area contributed by atoms with Gasteiger partial charge < -0.3 is 13.9 Å². The van der Waals surface area contributed by atoms with E-state index in [1.165, 1.54) is 7.11 Å². The lowest BCUT2D eigenvalue weighted by Crippen LogP contribution is -2.07. The van der Waals surface area contributed by atoms with Crippen molar-refractivity contribution in [2.24, 2.45) is 0 Å². The van der Waals surface area contributed by atoms with Gasteiger partial charge in [0.2, 0.25) is 0 Å². The van der Waals surface area contributed by atoms with Gasteiger partial charge in [0.05, 0.1) is 18.9 Å². The molecule has 0 N–H and O–H groups in total. The van der Waals surface area contributed by atoms with Crippen LogP contribution in [-0.4, -0.2) is 20.2 Å². The van der Waals surface area contributed by atoms with Crippen LogP contribution in [-0.2, 0) is 9.47 Å². The van der Waals surface area contributed by atoms with Gasteiger partial charge in [-0.25, -0.2) is 4.79 Å². The molecule has 4 nitrogen and oxygen atoms in total. The second kappa shape index (κ2) is 7.36. The summed E-state index contributed by atoms with van der Waals surface area (Å²) >= 11 is 0. The number of carbonyl (C=O) groups is 1. The summed E-state index contributed by atoms with van der Waals surface area (Å²) in [4.78, 5) is 12.2. The quantitative estimate of drug-likeness (QED) is 0.629. The van der Waals surface area contributed by atoms with Gasteiger partial charge >= 0.3 is 5.97 Å². The molecule has 128 valence electrons. The van der Waals surface area contributed by atoms with E-state index in [9.17, 15) is 4.79 Å². The number of hydrogen-bond donors (Lipinski definition) is 0. The standard InChI is InChI=1S/C21H20O4/c1-14-7-4-5-8-16(14)18-13-15(10-11-17(18)21(22)24-3)20(23-2)19-9-6-12-25-19/h4-13,20H,1-3H3. The van der Waals surface area contributed by atoms with Gasteiger partial charge in [-0.1, -0.05) is 30.3 Å². The number of methoxy groups -OCH3 is 2. The second-order valence-corrected chi connectivity index (χ2v) is 5.74. The highest BCUT2D eigenvalue weighted by atomic mass is 16.5. The van der Waals surface area contributed by atoms with Gasteiger partial charge in [-0.15, -0.1) is 0 Å². The number of rotatable bonds is 5. The fourth-order valence-electron chi connectivity index (χ4n) is 2.97. The largest absolute Gasteiger partial charge is 0.466 e. The molecule has 0 saturated heterocycles. The lowest BCUT2D eigenvalue weighted by Gasteiger charge is -2.17. The van der Waals surface area contributed by atoms with Crippen LogP contribution >= 0.6 is 0 Å². The van der Waals surface area contributed by atoms with Crippen molar-refractivity contribution in [1.82, 2.24) is 0 Å². The minimum absolute atomic E-state index is 0.343. The molecule has 3 aromatic rings. The van der Waals surface area contributed by atoms with Gasteiger partial charge in [0.25, 0.3) is 0 Å². The minimum atomic E-state index is -0.364. The van der Waals surface area contributed by atoms with Gasteiger partial charge in [-0.3, -0.25) is 0 Å². The number of aryl methyl sites for hydroxylation is 1. The van der Waals surface area contributed by atoms with Gasteiger partial charge in [-0.2, -0.15) is 0 Å².